The molecule has 0 radical (unpaired) electrons. The molecule has 0 aromatic carbocycles. The second-order valence-electron chi connectivity index (χ2n) is 7.86. The van der Waals surface area contributed by atoms with E-state index in [1.165, 1.54) is 4.90 Å². The van der Waals surface area contributed by atoms with Crippen LogP contribution in [0.4, 0.5) is 0 Å². The number of likely N-dealkylation sites (tertiary alicyclic amines) is 1. The third-order valence-corrected chi connectivity index (χ3v) is 8.95. The van der Waals surface area contributed by atoms with Gasteiger partial charge in [-0.3, -0.25) is 14.5 Å². The minimum atomic E-state index is -0.792. The van der Waals surface area contributed by atoms with Gasteiger partial charge in [0, 0.05) is 9.65 Å². The van der Waals surface area contributed by atoms with Gasteiger partial charge in [-0.2, -0.15) is 0 Å². The second-order valence-corrected chi connectivity index (χ2v) is 9.98. The van der Waals surface area contributed by atoms with Crippen LogP contribution in [0.3, 0.4) is 0 Å². The Morgan fingerprint density at radius 3 is 2.12 bits per heavy atom. The van der Waals surface area contributed by atoms with Crippen molar-refractivity contribution < 1.29 is 19.1 Å². The predicted octanol–water partition coefficient (Wildman–Crippen LogP) is 3.13. The highest BCUT2D eigenvalue weighted by atomic mass is 79.9. The number of imide groups is 1. The third-order valence-electron chi connectivity index (χ3n) is 5.75. The fourth-order valence-corrected chi connectivity index (χ4v) is 6.60. The molecule has 2 bridgehead atoms. The van der Waals surface area contributed by atoms with Crippen molar-refractivity contribution in [1.82, 2.24) is 4.90 Å². The number of halogens is 2. The van der Waals surface area contributed by atoms with Gasteiger partial charge in [0.2, 0.25) is 11.8 Å². The van der Waals surface area contributed by atoms with Crippen LogP contribution in [0.15, 0.2) is 0 Å². The number of rotatable bonds is 6. The monoisotopic (exact) mass is 477 g/mol. The number of esters is 1. The van der Waals surface area contributed by atoms with Gasteiger partial charge in [-0.05, 0) is 37.0 Å². The zero-order valence-corrected chi connectivity index (χ0v) is 18.0. The number of ether oxygens (including phenoxy) is 1. The van der Waals surface area contributed by atoms with E-state index in [2.05, 4.69) is 31.9 Å². The van der Waals surface area contributed by atoms with Gasteiger partial charge in [0.05, 0.1) is 18.4 Å². The fourth-order valence-electron chi connectivity index (χ4n) is 4.73. The molecule has 2 amide bonds. The lowest BCUT2D eigenvalue weighted by Gasteiger charge is -2.28. The van der Waals surface area contributed by atoms with E-state index in [-0.39, 0.29) is 51.1 Å². The van der Waals surface area contributed by atoms with Crippen molar-refractivity contribution in [3.63, 3.8) is 0 Å². The quantitative estimate of drug-likeness (QED) is 0.334. The number of nitrogens with zero attached hydrogens (tertiary/aromatic N) is 1. The lowest BCUT2D eigenvalue weighted by atomic mass is 9.81. The lowest BCUT2D eigenvalue weighted by Crippen LogP contribution is -2.47. The Labute approximate surface area is 165 Å². The van der Waals surface area contributed by atoms with Crippen LogP contribution in [-0.2, 0) is 19.1 Å². The Hall–Kier alpha value is -0.430. The number of amides is 2. The van der Waals surface area contributed by atoms with Crippen molar-refractivity contribution in [3.05, 3.63) is 0 Å². The molecule has 7 heteroatoms. The molecule has 0 aromatic rings. The summed E-state index contributed by atoms with van der Waals surface area (Å²) in [6.07, 6.45) is 2.06. The molecule has 3 rings (SSSR count). The van der Waals surface area contributed by atoms with Gasteiger partial charge in [-0.15, -0.1) is 0 Å². The number of alkyl halides is 2. The summed E-state index contributed by atoms with van der Waals surface area (Å²) in [7, 11) is 0. The van der Waals surface area contributed by atoms with Crippen LogP contribution in [0.25, 0.3) is 0 Å². The van der Waals surface area contributed by atoms with Gasteiger partial charge in [-0.25, -0.2) is 4.79 Å². The van der Waals surface area contributed by atoms with Crippen LogP contribution in [0.5, 0.6) is 0 Å². The normalized spacial score (nSPS) is 37.8. The van der Waals surface area contributed by atoms with E-state index in [9.17, 15) is 14.4 Å². The molecule has 2 aliphatic carbocycles. The molecule has 0 N–H and O–H groups in total. The molecular weight excluding hydrogens is 454 g/mol. The third kappa shape index (κ3) is 3.09. The van der Waals surface area contributed by atoms with Crippen molar-refractivity contribution >= 4 is 49.6 Å². The zero-order valence-electron chi connectivity index (χ0n) is 14.8. The first-order chi connectivity index (χ1) is 11.8. The van der Waals surface area contributed by atoms with E-state index in [4.69, 9.17) is 4.74 Å². The molecule has 0 unspecified atom stereocenters. The molecule has 140 valence electrons. The Balaban J connectivity index is 1.86. The maximum Gasteiger partial charge on any atom is 0.329 e. The second kappa shape index (κ2) is 7.29. The molecular formula is C18H25Br2NO4. The largest absolute Gasteiger partial charge is 0.464 e. The van der Waals surface area contributed by atoms with Gasteiger partial charge in [0.1, 0.15) is 6.04 Å². The van der Waals surface area contributed by atoms with Gasteiger partial charge in [0.15, 0.2) is 0 Å². The molecule has 1 heterocycles. The van der Waals surface area contributed by atoms with Gasteiger partial charge in [0.25, 0.3) is 0 Å². The predicted molar refractivity (Wildman–Crippen MR) is 100 cm³/mol. The summed E-state index contributed by atoms with van der Waals surface area (Å²) in [5.41, 5.74) is 0. The minimum Gasteiger partial charge on any atom is -0.464 e. The molecule has 0 spiro atoms. The zero-order chi connectivity index (χ0) is 18.5. The van der Waals surface area contributed by atoms with E-state index in [1.54, 1.807) is 0 Å². The van der Waals surface area contributed by atoms with Crippen molar-refractivity contribution in [2.75, 3.05) is 6.61 Å². The average molecular weight is 479 g/mol. The number of carbonyl (C=O) groups excluding carboxylic acids is 3. The number of hydrogen-bond donors (Lipinski definition) is 0. The fraction of sp³-hybridized carbons (Fsp3) is 0.833. The summed E-state index contributed by atoms with van der Waals surface area (Å²) >= 11 is 7.37. The maximum atomic E-state index is 13.1. The van der Waals surface area contributed by atoms with Gasteiger partial charge in [-0.1, -0.05) is 52.6 Å². The van der Waals surface area contributed by atoms with Gasteiger partial charge >= 0.3 is 5.97 Å². The first kappa shape index (κ1) is 19.3. The van der Waals surface area contributed by atoms with Crippen LogP contribution in [0, 0.1) is 29.6 Å². The van der Waals surface area contributed by atoms with Crippen molar-refractivity contribution in [2.24, 2.45) is 29.6 Å². The first-order valence-corrected chi connectivity index (χ1v) is 10.9. The molecule has 1 saturated heterocycles. The van der Waals surface area contributed by atoms with E-state index in [0.717, 1.165) is 6.42 Å². The molecule has 5 nitrogen and oxygen atoms in total. The van der Waals surface area contributed by atoms with E-state index >= 15 is 0 Å². The summed E-state index contributed by atoms with van der Waals surface area (Å²) < 4.78 is 5.29. The lowest BCUT2D eigenvalue weighted by molar-refractivity contribution is -0.160. The van der Waals surface area contributed by atoms with Crippen LogP contribution in [0.2, 0.25) is 0 Å². The Bertz CT molecular complexity index is 549. The van der Waals surface area contributed by atoms with Gasteiger partial charge < -0.3 is 4.74 Å². The smallest absolute Gasteiger partial charge is 0.329 e. The summed E-state index contributed by atoms with van der Waals surface area (Å²) in [6, 6.07) is -0.792. The Morgan fingerprint density at radius 2 is 1.68 bits per heavy atom. The Morgan fingerprint density at radius 1 is 1.16 bits per heavy atom. The van der Waals surface area contributed by atoms with Crippen molar-refractivity contribution in [2.45, 2.75) is 55.7 Å². The summed E-state index contributed by atoms with van der Waals surface area (Å²) in [4.78, 5) is 40.4. The Kier molecular flexibility index (Phi) is 5.64. The number of carbonyl (C=O) groups is 3. The topological polar surface area (TPSA) is 63.7 Å². The number of fused-ring (bicyclic) bond motifs is 5. The van der Waals surface area contributed by atoms with Crippen LogP contribution in [-0.4, -0.2) is 45.0 Å². The molecule has 7 atom stereocenters. The highest BCUT2D eigenvalue weighted by Gasteiger charge is 2.67. The van der Waals surface area contributed by atoms with E-state index in [0.29, 0.717) is 19.4 Å². The molecule has 0 aromatic heterocycles. The van der Waals surface area contributed by atoms with Crippen LogP contribution in [0.1, 0.15) is 40.0 Å². The summed E-state index contributed by atoms with van der Waals surface area (Å²) in [5, 5.41) is 0. The SMILES string of the molecule is CCCOC(=O)[C@@H](CC(C)C)N1C(=O)[C@H]2[C@@H]3C[C@H]([C@@H](Br)[C@H]3Br)[C@@H]2C1=O. The standard InChI is InChI=1S/C18H25Br2NO4/c1-4-5-25-18(24)11(6-8(2)3)21-16(22)12-9-7-10(13(12)17(21)23)15(20)14(9)19/h8-15H,4-7H2,1-3H3/t9-,10-,11+,12-,13-,14-,15+/m0/s1. The van der Waals surface area contributed by atoms with Crippen molar-refractivity contribution in [3.8, 4) is 0 Å². The molecule has 1 aliphatic heterocycles. The average Bonchev–Trinajstić information content (AvgIpc) is 3.15. The first-order valence-electron chi connectivity index (χ1n) is 9.11. The highest BCUT2D eigenvalue weighted by Crippen LogP contribution is 2.60. The molecule has 3 aliphatic rings. The molecule has 25 heavy (non-hydrogen) atoms. The van der Waals surface area contributed by atoms with Crippen LogP contribution < -0.4 is 0 Å². The molecule has 2 saturated carbocycles. The maximum absolute atomic E-state index is 13.1. The highest BCUT2D eigenvalue weighted by molar-refractivity contribution is 9.12. The molecule has 3 fully saturated rings. The van der Waals surface area contributed by atoms with Crippen molar-refractivity contribution in [1.29, 1.82) is 0 Å². The van der Waals surface area contributed by atoms with E-state index in [1.807, 2.05) is 20.8 Å². The number of hydrogen-bond acceptors (Lipinski definition) is 4. The summed E-state index contributed by atoms with van der Waals surface area (Å²) in [6.45, 7) is 6.21. The summed E-state index contributed by atoms with van der Waals surface area (Å²) in [5.74, 6) is -0.871. The van der Waals surface area contributed by atoms with Crippen LogP contribution >= 0.6 is 31.9 Å². The minimum absolute atomic E-state index is 0.159. The van der Waals surface area contributed by atoms with E-state index < -0.39 is 12.0 Å².